The van der Waals surface area contributed by atoms with Crippen molar-refractivity contribution in [3.63, 3.8) is 0 Å². The number of nitrogens with two attached hydrogens (primary N) is 1. The number of carbonyl (C=O) groups is 1. The Kier molecular flexibility index (Phi) is 10.6. The van der Waals surface area contributed by atoms with Gasteiger partial charge in [-0.05, 0) is 110 Å². The van der Waals surface area contributed by atoms with Crippen LogP contribution in [0.5, 0.6) is 0 Å². The molecule has 0 amide bonds. The van der Waals surface area contributed by atoms with E-state index in [1.165, 1.54) is 16.7 Å². The molecule has 2 bridgehead atoms. The fourth-order valence-electron chi connectivity index (χ4n) is 8.48. The van der Waals surface area contributed by atoms with Crippen LogP contribution >= 0.6 is 11.6 Å². The molecule has 46 heavy (non-hydrogen) atoms. The third-order valence-electron chi connectivity index (χ3n) is 11.6. The minimum absolute atomic E-state index is 0.0390. The number of aliphatic hydroxyl groups is 1. The van der Waals surface area contributed by atoms with Crippen molar-refractivity contribution in [2.75, 3.05) is 18.0 Å². The number of Topliss-reactive ketones (excluding diaryl/α,β-unsaturated/α-hetero) is 1. The molecule has 0 spiro atoms. The SMILES string of the molecule is CCCCc1cc(Cl)ccc1[C@@H]1CCc2ccc3cc2N(C1)C[C@@H]1CC[C@H]1[C@@H](O)/C=C/C[C@H]([C@@H](CC1CCC1)S(N)(=O)=O)CC3=O. The number of primary sulfonamides is 1. The van der Waals surface area contributed by atoms with Gasteiger partial charge in [0.15, 0.2) is 5.78 Å². The van der Waals surface area contributed by atoms with Crippen LogP contribution in [0.1, 0.15) is 111 Å². The zero-order chi connectivity index (χ0) is 32.4. The summed E-state index contributed by atoms with van der Waals surface area (Å²) >= 11 is 6.48. The zero-order valence-corrected chi connectivity index (χ0v) is 28.8. The number of hydrogen-bond donors (Lipinski definition) is 2. The Morgan fingerprint density at radius 2 is 1.89 bits per heavy atom. The Morgan fingerprint density at radius 1 is 1.07 bits per heavy atom. The number of aliphatic hydroxyl groups excluding tert-OH is 1. The molecule has 0 radical (unpaired) electrons. The van der Waals surface area contributed by atoms with E-state index in [9.17, 15) is 18.3 Å². The minimum atomic E-state index is -3.85. The van der Waals surface area contributed by atoms with Gasteiger partial charge in [-0.25, -0.2) is 13.6 Å². The Labute approximate surface area is 280 Å². The Morgan fingerprint density at radius 3 is 2.59 bits per heavy atom. The van der Waals surface area contributed by atoms with E-state index < -0.39 is 27.3 Å². The van der Waals surface area contributed by atoms with Gasteiger partial charge in [0.25, 0.3) is 0 Å². The van der Waals surface area contributed by atoms with Crippen LogP contribution in [0, 0.1) is 23.7 Å². The van der Waals surface area contributed by atoms with Gasteiger partial charge in [-0.1, -0.05) is 74.6 Å². The molecule has 250 valence electrons. The van der Waals surface area contributed by atoms with Crippen LogP contribution in [0.15, 0.2) is 48.6 Å². The van der Waals surface area contributed by atoms with Gasteiger partial charge in [0, 0.05) is 41.7 Å². The van der Waals surface area contributed by atoms with Crippen LogP contribution in [-0.4, -0.2) is 43.8 Å². The van der Waals surface area contributed by atoms with Crippen molar-refractivity contribution in [2.24, 2.45) is 28.8 Å². The molecule has 2 fully saturated rings. The van der Waals surface area contributed by atoms with Gasteiger partial charge < -0.3 is 10.0 Å². The van der Waals surface area contributed by atoms with Crippen LogP contribution in [-0.2, 0) is 22.9 Å². The van der Waals surface area contributed by atoms with Crippen molar-refractivity contribution >= 4 is 33.1 Å². The highest BCUT2D eigenvalue weighted by Crippen LogP contribution is 2.43. The van der Waals surface area contributed by atoms with Crippen molar-refractivity contribution in [3.05, 3.63) is 75.8 Å². The monoisotopic (exact) mass is 666 g/mol. The second-order valence-corrected chi connectivity index (χ2v) is 16.9. The maximum atomic E-state index is 14.0. The van der Waals surface area contributed by atoms with Gasteiger partial charge in [-0.15, -0.1) is 0 Å². The van der Waals surface area contributed by atoms with Gasteiger partial charge in [0.1, 0.15) is 0 Å². The molecule has 8 heteroatoms. The van der Waals surface area contributed by atoms with E-state index in [1.54, 1.807) is 0 Å². The normalized spacial score (nSPS) is 28.7. The number of anilines is 1. The Hall–Kier alpha value is -2.19. The summed E-state index contributed by atoms with van der Waals surface area (Å²) in [5, 5.41) is 17.2. The molecule has 2 heterocycles. The first-order chi connectivity index (χ1) is 22.1. The average Bonchev–Trinajstić information content (AvgIpc) is 3.15. The van der Waals surface area contributed by atoms with Crippen LogP contribution < -0.4 is 10.0 Å². The molecule has 0 saturated heterocycles. The number of carbonyl (C=O) groups excluding carboxylic acids is 1. The molecule has 0 unspecified atom stereocenters. The highest BCUT2D eigenvalue weighted by molar-refractivity contribution is 7.89. The molecule has 2 aliphatic heterocycles. The molecule has 6 rings (SSSR count). The first-order valence-electron chi connectivity index (χ1n) is 17.7. The molecule has 4 aliphatic rings. The number of aryl methyl sites for hydroxylation is 2. The maximum Gasteiger partial charge on any atom is 0.212 e. The summed E-state index contributed by atoms with van der Waals surface area (Å²) in [6, 6.07) is 12.5. The van der Waals surface area contributed by atoms with Crippen molar-refractivity contribution in [3.8, 4) is 0 Å². The molecule has 6 nitrogen and oxygen atoms in total. The number of fused-ring (bicyclic) bond motifs is 2. The lowest BCUT2D eigenvalue weighted by molar-refractivity contribution is 0.0460. The topological polar surface area (TPSA) is 101 Å². The average molecular weight is 667 g/mol. The summed E-state index contributed by atoms with van der Waals surface area (Å²) in [5.74, 6) is 0.691. The smallest absolute Gasteiger partial charge is 0.212 e. The van der Waals surface area contributed by atoms with E-state index in [-0.39, 0.29) is 18.1 Å². The largest absolute Gasteiger partial charge is 0.389 e. The zero-order valence-electron chi connectivity index (χ0n) is 27.2. The molecule has 2 saturated carbocycles. The van der Waals surface area contributed by atoms with Crippen LogP contribution in [0.2, 0.25) is 5.02 Å². The number of unbranched alkanes of at least 4 members (excludes halogenated alkanes) is 1. The summed E-state index contributed by atoms with van der Waals surface area (Å²) in [4.78, 5) is 16.5. The van der Waals surface area contributed by atoms with E-state index in [1.807, 2.05) is 24.3 Å². The van der Waals surface area contributed by atoms with Gasteiger partial charge in [0.2, 0.25) is 10.0 Å². The molecule has 2 aromatic carbocycles. The van der Waals surface area contributed by atoms with E-state index >= 15 is 0 Å². The van der Waals surface area contributed by atoms with Crippen molar-refractivity contribution < 1.29 is 18.3 Å². The third kappa shape index (κ3) is 7.59. The molecular formula is C38H51ClN2O4S. The molecule has 6 atom stereocenters. The summed E-state index contributed by atoms with van der Waals surface area (Å²) in [5.41, 5.74) is 5.71. The second-order valence-electron chi connectivity index (χ2n) is 14.6. The molecule has 2 aromatic rings. The fraction of sp³-hybridized carbons (Fsp3) is 0.605. The molecule has 0 aromatic heterocycles. The Balaban J connectivity index is 1.35. The lowest BCUT2D eigenvalue weighted by Gasteiger charge is -2.43. The number of nitrogens with zero attached hydrogens (tertiary/aromatic N) is 1. The minimum Gasteiger partial charge on any atom is -0.389 e. The first-order valence-corrected chi connectivity index (χ1v) is 19.6. The lowest BCUT2D eigenvalue weighted by Crippen LogP contribution is -2.44. The van der Waals surface area contributed by atoms with E-state index in [0.717, 1.165) is 88.0 Å². The van der Waals surface area contributed by atoms with Crippen LogP contribution in [0.25, 0.3) is 0 Å². The van der Waals surface area contributed by atoms with Crippen molar-refractivity contribution in [1.29, 1.82) is 0 Å². The van der Waals surface area contributed by atoms with Gasteiger partial charge in [-0.2, -0.15) is 0 Å². The third-order valence-corrected chi connectivity index (χ3v) is 13.3. The fourth-order valence-corrected chi connectivity index (χ4v) is 9.95. The number of allylic oxidation sites excluding steroid dienone is 1. The first kappa shape index (κ1) is 33.7. The number of hydrogen-bond acceptors (Lipinski definition) is 5. The summed E-state index contributed by atoms with van der Waals surface area (Å²) in [7, 11) is -3.85. The number of benzene rings is 2. The Bertz CT molecular complexity index is 1540. The number of ketones is 1. The number of rotatable bonds is 8. The van der Waals surface area contributed by atoms with E-state index in [2.05, 4.69) is 36.1 Å². The summed E-state index contributed by atoms with van der Waals surface area (Å²) < 4.78 is 25.9. The van der Waals surface area contributed by atoms with Gasteiger partial charge in [0.05, 0.1) is 11.4 Å². The van der Waals surface area contributed by atoms with Crippen LogP contribution in [0.3, 0.4) is 0 Å². The van der Waals surface area contributed by atoms with Gasteiger partial charge in [-0.3, -0.25) is 4.79 Å². The number of halogens is 1. The predicted molar refractivity (Wildman–Crippen MR) is 187 cm³/mol. The maximum absolute atomic E-state index is 14.0. The number of sulfonamides is 1. The van der Waals surface area contributed by atoms with Crippen LogP contribution in [0.4, 0.5) is 5.69 Å². The van der Waals surface area contributed by atoms with Gasteiger partial charge >= 0.3 is 0 Å². The summed E-state index contributed by atoms with van der Waals surface area (Å²) in [6.45, 7) is 3.90. The van der Waals surface area contributed by atoms with E-state index in [0.29, 0.717) is 36.2 Å². The predicted octanol–water partition coefficient (Wildman–Crippen LogP) is 7.60. The second kappa shape index (κ2) is 14.5. The summed E-state index contributed by atoms with van der Waals surface area (Å²) in [6.07, 6.45) is 14.6. The standard InChI is InChI=1S/C38H51ClN2O4S/c1-2-3-8-27-20-32(39)16-18-33(27)30-14-12-26-11-13-28-21-35(26)41(23-30)24-31-15-17-34(31)36(42)10-5-9-29(22-37(28)43)38(46(40,44)45)19-25-6-4-7-25/h5,10-11,13,16,18,20-21,25,29-31,34,36,38,42H,2-4,6-9,12,14-15,17,19,22-24H2,1H3,(H2,40,44,45)/b10-5+/t29-,30+,31-,34+,36-,38+/m0/s1. The highest BCUT2D eigenvalue weighted by Gasteiger charge is 2.39. The molecular weight excluding hydrogens is 616 g/mol. The van der Waals surface area contributed by atoms with E-state index in [4.69, 9.17) is 16.7 Å². The lowest BCUT2D eigenvalue weighted by atomic mass is 9.70. The van der Waals surface area contributed by atoms with Crippen molar-refractivity contribution in [1.82, 2.24) is 0 Å². The quantitative estimate of drug-likeness (QED) is 0.283. The highest BCUT2D eigenvalue weighted by atomic mass is 35.5. The van der Waals surface area contributed by atoms with Crippen molar-refractivity contribution in [2.45, 2.75) is 108 Å². The molecule has 2 aliphatic carbocycles. The molecule has 3 N–H and O–H groups in total.